The molecule has 4 aromatic rings. The summed E-state index contributed by atoms with van der Waals surface area (Å²) in [7, 11) is 0. The molecule has 0 bridgehead atoms. The number of nitrogens with zero attached hydrogens (tertiary/aromatic N) is 3. The fraction of sp³-hybridized carbons (Fsp3) is 0.310. The van der Waals surface area contributed by atoms with Gasteiger partial charge in [0.1, 0.15) is 24.4 Å². The molecule has 7 rings (SSSR count). The Bertz CT molecular complexity index is 2360. The van der Waals surface area contributed by atoms with Crippen LogP contribution in [0.15, 0.2) is 66.2 Å². The molecule has 17 heteroatoms. The lowest BCUT2D eigenvalue weighted by Crippen LogP contribution is -2.54. The number of phenolic OH excluding ortho intramolecular Hbond substituents is 1. The topological polar surface area (TPSA) is 206 Å². The van der Waals surface area contributed by atoms with Crippen molar-refractivity contribution in [1.29, 1.82) is 0 Å². The SMILES string of the molecule is Cc1ccc(O)c(C(C(=O)Nc2nccs2)N2Cc3cccc(C#CCOCCOCCOCCNc4ccc5c(c4)C(=O)N(C4CCC(=O)NC4=O)C5=O)c3C2=O)c1. The maximum atomic E-state index is 13.9. The number of amides is 6. The van der Waals surface area contributed by atoms with Gasteiger partial charge < -0.3 is 29.5 Å². The standard InChI is InChI=1S/C42H40N6O10S/c1-25-7-11-33(49)31(22-25)36(38(52)46-42-44-14-21-59-42)47-24-27-5-2-4-26(35(27)41(47)55)6-3-15-56-17-19-58-20-18-57-16-13-43-28-8-9-29-30(23-28)40(54)48(39(29)53)32-10-12-34(50)45-37(32)51/h2,4-5,7-9,11,14,21-23,32,36,43,49H,10,12-13,15-20,24H2,1H3,(H,44,46,52)(H,45,50,51). The number of piperidine rings is 1. The van der Waals surface area contributed by atoms with E-state index in [1.165, 1.54) is 22.3 Å². The van der Waals surface area contributed by atoms with E-state index in [9.17, 15) is 33.9 Å². The van der Waals surface area contributed by atoms with Crippen molar-refractivity contribution in [2.75, 3.05) is 56.8 Å². The average molecular weight is 821 g/mol. The first-order valence-corrected chi connectivity index (χ1v) is 19.7. The van der Waals surface area contributed by atoms with E-state index >= 15 is 0 Å². The van der Waals surface area contributed by atoms with Crippen molar-refractivity contribution in [2.24, 2.45) is 0 Å². The number of aromatic nitrogens is 1. The Balaban J connectivity index is 0.816. The quantitative estimate of drug-likeness (QED) is 0.0730. The minimum absolute atomic E-state index is 0.0546. The molecule has 0 aliphatic carbocycles. The summed E-state index contributed by atoms with van der Waals surface area (Å²) in [5, 5.41) is 21.0. The number of imide groups is 2. The zero-order chi connectivity index (χ0) is 41.5. The molecule has 3 aliphatic rings. The molecule has 1 saturated heterocycles. The van der Waals surface area contributed by atoms with Crippen LogP contribution in [0.2, 0.25) is 0 Å². The van der Waals surface area contributed by atoms with Gasteiger partial charge in [-0.2, -0.15) is 0 Å². The van der Waals surface area contributed by atoms with Gasteiger partial charge in [-0.15, -0.1) is 11.3 Å². The highest BCUT2D eigenvalue weighted by Gasteiger charge is 2.45. The Morgan fingerprint density at radius 3 is 2.53 bits per heavy atom. The van der Waals surface area contributed by atoms with Crippen molar-refractivity contribution >= 4 is 57.6 Å². The fourth-order valence-corrected chi connectivity index (χ4v) is 7.57. The van der Waals surface area contributed by atoms with Gasteiger partial charge in [0.05, 0.1) is 49.7 Å². The highest BCUT2D eigenvalue weighted by molar-refractivity contribution is 7.13. The van der Waals surface area contributed by atoms with Crippen LogP contribution in [0.5, 0.6) is 5.75 Å². The molecule has 4 N–H and O–H groups in total. The number of anilines is 2. The minimum atomic E-state index is -1.12. The van der Waals surface area contributed by atoms with Gasteiger partial charge in [-0.1, -0.05) is 35.6 Å². The van der Waals surface area contributed by atoms with Gasteiger partial charge in [0.15, 0.2) is 5.13 Å². The van der Waals surface area contributed by atoms with E-state index in [1.54, 1.807) is 54.0 Å². The van der Waals surface area contributed by atoms with E-state index < -0.39 is 41.6 Å². The van der Waals surface area contributed by atoms with Gasteiger partial charge in [-0.05, 0) is 55.3 Å². The van der Waals surface area contributed by atoms with Crippen molar-refractivity contribution in [2.45, 2.75) is 38.4 Å². The van der Waals surface area contributed by atoms with Crippen LogP contribution < -0.4 is 16.0 Å². The molecule has 1 aromatic heterocycles. The Kier molecular flexibility index (Phi) is 12.7. The van der Waals surface area contributed by atoms with E-state index in [0.717, 1.165) is 10.5 Å². The second-order valence-electron chi connectivity index (χ2n) is 13.8. The van der Waals surface area contributed by atoms with Gasteiger partial charge in [0.25, 0.3) is 23.6 Å². The molecule has 4 heterocycles. The summed E-state index contributed by atoms with van der Waals surface area (Å²) in [4.78, 5) is 83.8. The fourth-order valence-electron chi connectivity index (χ4n) is 7.04. The predicted octanol–water partition coefficient (Wildman–Crippen LogP) is 3.41. The van der Waals surface area contributed by atoms with Gasteiger partial charge in [0, 0.05) is 47.9 Å². The van der Waals surface area contributed by atoms with Crippen molar-refractivity contribution in [1.82, 2.24) is 20.1 Å². The van der Waals surface area contributed by atoms with Crippen LogP contribution in [-0.2, 0) is 35.1 Å². The maximum Gasteiger partial charge on any atom is 0.262 e. The molecule has 3 aromatic carbocycles. The minimum Gasteiger partial charge on any atom is -0.508 e. The highest BCUT2D eigenvalue weighted by atomic mass is 32.1. The van der Waals surface area contributed by atoms with Crippen molar-refractivity contribution in [3.63, 3.8) is 0 Å². The molecule has 2 unspecified atom stereocenters. The molecular weight excluding hydrogens is 781 g/mol. The van der Waals surface area contributed by atoms with Crippen LogP contribution in [-0.4, -0.2) is 108 Å². The number of aromatic hydroxyl groups is 1. The third-order valence-electron chi connectivity index (χ3n) is 9.82. The Morgan fingerprint density at radius 2 is 1.75 bits per heavy atom. The van der Waals surface area contributed by atoms with Crippen LogP contribution in [0.3, 0.4) is 0 Å². The summed E-state index contributed by atoms with van der Waals surface area (Å²) in [6, 6.07) is 13.0. The highest BCUT2D eigenvalue weighted by Crippen LogP contribution is 2.37. The molecule has 6 amide bonds. The van der Waals surface area contributed by atoms with Crippen molar-refractivity contribution in [3.8, 4) is 17.6 Å². The number of phenols is 1. The Hall–Kier alpha value is -6.45. The number of aryl methyl sites for hydroxylation is 1. The number of carbonyl (C=O) groups excluding carboxylic acids is 6. The lowest BCUT2D eigenvalue weighted by Gasteiger charge is -2.27. The van der Waals surface area contributed by atoms with Gasteiger partial charge in [-0.3, -0.25) is 44.3 Å². The first kappa shape index (κ1) is 40.7. The normalized spacial score (nSPS) is 16.4. The Labute approximate surface area is 342 Å². The van der Waals surface area contributed by atoms with E-state index in [0.29, 0.717) is 66.0 Å². The largest absolute Gasteiger partial charge is 0.508 e. The molecule has 59 heavy (non-hydrogen) atoms. The first-order valence-electron chi connectivity index (χ1n) is 18.8. The number of benzene rings is 3. The number of nitrogens with one attached hydrogen (secondary N) is 3. The maximum absolute atomic E-state index is 13.9. The third-order valence-corrected chi connectivity index (χ3v) is 10.5. The van der Waals surface area contributed by atoms with Gasteiger partial charge in [0.2, 0.25) is 11.8 Å². The summed E-state index contributed by atoms with van der Waals surface area (Å²) >= 11 is 1.25. The summed E-state index contributed by atoms with van der Waals surface area (Å²) in [6.45, 7) is 4.12. The second-order valence-corrected chi connectivity index (χ2v) is 14.7. The third kappa shape index (κ3) is 9.16. The van der Waals surface area contributed by atoms with E-state index in [-0.39, 0.29) is 55.4 Å². The summed E-state index contributed by atoms with van der Waals surface area (Å²) < 4.78 is 16.8. The zero-order valence-corrected chi connectivity index (χ0v) is 32.8. The van der Waals surface area contributed by atoms with E-state index in [4.69, 9.17) is 14.2 Å². The smallest absolute Gasteiger partial charge is 0.262 e. The van der Waals surface area contributed by atoms with Crippen LogP contribution >= 0.6 is 11.3 Å². The average Bonchev–Trinajstić information content (AvgIpc) is 3.92. The first-order chi connectivity index (χ1) is 28.6. The number of rotatable bonds is 16. The molecule has 1 fully saturated rings. The monoisotopic (exact) mass is 820 g/mol. The molecule has 2 atom stereocenters. The lowest BCUT2D eigenvalue weighted by molar-refractivity contribution is -0.136. The summed E-state index contributed by atoms with van der Waals surface area (Å²) in [5.41, 5.74) is 3.76. The predicted molar refractivity (Wildman–Crippen MR) is 214 cm³/mol. The van der Waals surface area contributed by atoms with Crippen LogP contribution in [0.1, 0.15) is 72.2 Å². The summed E-state index contributed by atoms with van der Waals surface area (Å²) in [6.07, 6.45) is 1.71. The van der Waals surface area contributed by atoms with E-state index in [1.807, 2.05) is 13.0 Å². The molecular formula is C42H40N6O10S. The molecule has 16 nitrogen and oxygen atoms in total. The van der Waals surface area contributed by atoms with Crippen LogP contribution in [0.4, 0.5) is 10.8 Å². The van der Waals surface area contributed by atoms with Crippen molar-refractivity contribution in [3.05, 3.63) is 105 Å². The lowest BCUT2D eigenvalue weighted by atomic mass is 10.0. The number of thiazole rings is 1. The number of hydrogen-bond acceptors (Lipinski definition) is 13. The number of hydrogen-bond donors (Lipinski definition) is 4. The molecule has 0 saturated carbocycles. The van der Waals surface area contributed by atoms with Gasteiger partial charge in [-0.25, -0.2) is 4.98 Å². The zero-order valence-electron chi connectivity index (χ0n) is 31.9. The molecule has 3 aliphatic heterocycles. The van der Waals surface area contributed by atoms with E-state index in [2.05, 4.69) is 32.8 Å². The number of carbonyl (C=O) groups is 6. The second kappa shape index (κ2) is 18.4. The molecule has 0 spiro atoms. The number of fused-ring (bicyclic) bond motifs is 2. The van der Waals surface area contributed by atoms with Gasteiger partial charge >= 0.3 is 0 Å². The van der Waals surface area contributed by atoms with Crippen LogP contribution in [0.25, 0.3) is 0 Å². The van der Waals surface area contributed by atoms with Crippen LogP contribution in [0, 0.1) is 18.8 Å². The molecule has 304 valence electrons. The Morgan fingerprint density at radius 1 is 0.966 bits per heavy atom. The number of ether oxygens (including phenoxy) is 3. The molecule has 0 radical (unpaired) electrons. The van der Waals surface area contributed by atoms with Crippen molar-refractivity contribution < 1.29 is 48.1 Å². The summed E-state index contributed by atoms with van der Waals surface area (Å²) in [5.74, 6) is 2.80.